The van der Waals surface area contributed by atoms with Gasteiger partial charge in [-0.2, -0.15) is 0 Å². The van der Waals surface area contributed by atoms with Gasteiger partial charge < -0.3 is 10.6 Å². The summed E-state index contributed by atoms with van der Waals surface area (Å²) in [7, 11) is 0. The number of hydrogen-bond acceptors (Lipinski definition) is 3. The Morgan fingerprint density at radius 2 is 1.84 bits per heavy atom. The zero-order chi connectivity index (χ0) is 13.2. The van der Waals surface area contributed by atoms with E-state index < -0.39 is 0 Å². The van der Waals surface area contributed by atoms with Gasteiger partial charge in [0.1, 0.15) is 0 Å². The normalized spacial score (nSPS) is 24.4. The summed E-state index contributed by atoms with van der Waals surface area (Å²) in [5, 5.41) is 0. The molecule has 0 bridgehead atoms. The summed E-state index contributed by atoms with van der Waals surface area (Å²) in [6.45, 7) is 4.08. The van der Waals surface area contributed by atoms with Crippen LogP contribution in [0.5, 0.6) is 0 Å². The van der Waals surface area contributed by atoms with Crippen LogP contribution in [0.4, 0.5) is 5.69 Å². The van der Waals surface area contributed by atoms with Crippen LogP contribution in [-0.4, -0.2) is 36.5 Å². The molecule has 0 aromatic heterocycles. The monoisotopic (exact) mass is 259 g/mol. The van der Waals surface area contributed by atoms with Gasteiger partial charge in [-0.25, -0.2) is 0 Å². The Morgan fingerprint density at radius 3 is 2.42 bits per heavy atom. The van der Waals surface area contributed by atoms with E-state index in [4.69, 9.17) is 5.73 Å². The summed E-state index contributed by atoms with van der Waals surface area (Å²) >= 11 is 0. The molecule has 2 fully saturated rings. The van der Waals surface area contributed by atoms with Crippen molar-refractivity contribution in [1.82, 2.24) is 4.90 Å². The summed E-state index contributed by atoms with van der Waals surface area (Å²) in [6.07, 6.45) is 3.10. The maximum Gasteiger partial charge on any atom is 0.228 e. The number of carbonyl (C=O) groups excluding carboxylic acids is 1. The van der Waals surface area contributed by atoms with Gasteiger partial charge in [-0.1, -0.05) is 12.1 Å². The predicted octanol–water partition coefficient (Wildman–Crippen LogP) is 1.35. The first-order valence-electron chi connectivity index (χ1n) is 7.09. The minimum atomic E-state index is -0.0169. The number of anilines is 1. The second-order valence-corrected chi connectivity index (χ2v) is 5.62. The zero-order valence-corrected chi connectivity index (χ0v) is 11.2. The Bertz CT molecular complexity index is 451. The number of carbonyl (C=O) groups is 1. The maximum atomic E-state index is 11.8. The molecular formula is C15H21N3O. The summed E-state index contributed by atoms with van der Waals surface area (Å²) in [5.74, 6) is 0.139. The molecule has 1 amide bonds. The van der Waals surface area contributed by atoms with Crippen LogP contribution in [0.3, 0.4) is 0 Å². The molecule has 3 rings (SSSR count). The summed E-state index contributed by atoms with van der Waals surface area (Å²) in [5.41, 5.74) is 8.12. The Kier molecular flexibility index (Phi) is 3.53. The first-order chi connectivity index (χ1) is 9.22. The lowest BCUT2D eigenvalue weighted by Gasteiger charge is -2.18. The largest absolute Gasteiger partial charge is 0.326 e. The minimum Gasteiger partial charge on any atom is -0.326 e. The first-order valence-corrected chi connectivity index (χ1v) is 7.09. The number of rotatable bonds is 3. The molecule has 1 aromatic carbocycles. The van der Waals surface area contributed by atoms with E-state index in [0.29, 0.717) is 13.0 Å². The molecule has 2 N–H and O–H groups in total. The van der Waals surface area contributed by atoms with E-state index in [1.165, 1.54) is 31.5 Å². The van der Waals surface area contributed by atoms with Gasteiger partial charge in [-0.3, -0.25) is 9.69 Å². The number of amides is 1. The molecule has 2 heterocycles. The number of nitrogens with two attached hydrogens (primary N) is 1. The average molecular weight is 259 g/mol. The van der Waals surface area contributed by atoms with Crippen molar-refractivity contribution in [3.8, 4) is 0 Å². The topological polar surface area (TPSA) is 49.6 Å². The molecule has 0 spiro atoms. The van der Waals surface area contributed by atoms with Gasteiger partial charge in [-0.05, 0) is 43.6 Å². The lowest BCUT2D eigenvalue weighted by atomic mass is 10.2. The van der Waals surface area contributed by atoms with Gasteiger partial charge in [0.05, 0.1) is 0 Å². The van der Waals surface area contributed by atoms with Gasteiger partial charge in [-0.15, -0.1) is 0 Å². The minimum absolute atomic E-state index is 0.0169. The summed E-state index contributed by atoms with van der Waals surface area (Å²) < 4.78 is 0. The van der Waals surface area contributed by atoms with Crippen LogP contribution in [0, 0.1) is 0 Å². The van der Waals surface area contributed by atoms with Crippen LogP contribution in [-0.2, 0) is 11.3 Å². The van der Waals surface area contributed by atoms with Gasteiger partial charge in [0, 0.05) is 31.2 Å². The maximum absolute atomic E-state index is 11.8. The number of likely N-dealkylation sites (tertiary alicyclic amines) is 1. The third-order valence-electron chi connectivity index (χ3n) is 4.01. The van der Waals surface area contributed by atoms with Crippen molar-refractivity contribution in [2.45, 2.75) is 31.8 Å². The molecule has 2 aliphatic rings. The molecule has 1 unspecified atom stereocenters. The highest BCUT2D eigenvalue weighted by Crippen LogP contribution is 2.22. The SMILES string of the molecule is NC1CC(=O)N(c2ccc(CN3CCCC3)cc2)C1. The van der Waals surface area contributed by atoms with Gasteiger partial charge in [0.25, 0.3) is 0 Å². The van der Waals surface area contributed by atoms with Crippen LogP contribution in [0.2, 0.25) is 0 Å². The van der Waals surface area contributed by atoms with Gasteiger partial charge >= 0.3 is 0 Å². The Hall–Kier alpha value is -1.39. The highest BCUT2D eigenvalue weighted by atomic mass is 16.2. The number of hydrogen-bond donors (Lipinski definition) is 1. The van der Waals surface area contributed by atoms with E-state index in [1.54, 1.807) is 4.90 Å². The lowest BCUT2D eigenvalue weighted by Crippen LogP contribution is -2.27. The summed E-state index contributed by atoms with van der Waals surface area (Å²) in [6, 6.07) is 8.33. The van der Waals surface area contributed by atoms with Crippen molar-refractivity contribution in [3.05, 3.63) is 29.8 Å². The number of nitrogens with zero attached hydrogens (tertiary/aromatic N) is 2. The van der Waals surface area contributed by atoms with Crippen LogP contribution in [0.15, 0.2) is 24.3 Å². The standard InChI is InChI=1S/C15H21N3O/c16-13-9-15(19)18(11-13)14-5-3-12(4-6-14)10-17-7-1-2-8-17/h3-6,13H,1-2,7-11,16H2. The second-order valence-electron chi connectivity index (χ2n) is 5.62. The fourth-order valence-electron chi connectivity index (χ4n) is 2.97. The van der Waals surface area contributed by atoms with Crippen LogP contribution in [0.1, 0.15) is 24.8 Å². The van der Waals surface area contributed by atoms with Crippen molar-refractivity contribution < 1.29 is 4.79 Å². The van der Waals surface area contributed by atoms with Crippen molar-refractivity contribution in [1.29, 1.82) is 0 Å². The second kappa shape index (κ2) is 5.31. The fourth-order valence-corrected chi connectivity index (χ4v) is 2.97. The van der Waals surface area contributed by atoms with E-state index in [0.717, 1.165) is 12.2 Å². The van der Waals surface area contributed by atoms with E-state index in [-0.39, 0.29) is 11.9 Å². The zero-order valence-electron chi connectivity index (χ0n) is 11.2. The fraction of sp³-hybridized carbons (Fsp3) is 0.533. The molecule has 2 aliphatic heterocycles. The molecule has 4 nitrogen and oxygen atoms in total. The average Bonchev–Trinajstić information content (AvgIpc) is 3.00. The van der Waals surface area contributed by atoms with E-state index in [9.17, 15) is 4.79 Å². The Labute approximate surface area is 114 Å². The van der Waals surface area contributed by atoms with E-state index in [2.05, 4.69) is 17.0 Å². The van der Waals surface area contributed by atoms with E-state index >= 15 is 0 Å². The quantitative estimate of drug-likeness (QED) is 0.891. The number of benzene rings is 1. The molecule has 4 heteroatoms. The van der Waals surface area contributed by atoms with Crippen LogP contribution < -0.4 is 10.6 Å². The van der Waals surface area contributed by atoms with E-state index in [1.807, 2.05) is 12.1 Å². The Morgan fingerprint density at radius 1 is 1.16 bits per heavy atom. The third-order valence-corrected chi connectivity index (χ3v) is 4.01. The van der Waals surface area contributed by atoms with Crippen molar-refractivity contribution >= 4 is 11.6 Å². The third kappa shape index (κ3) is 2.80. The molecule has 0 radical (unpaired) electrons. The predicted molar refractivity (Wildman–Crippen MR) is 75.9 cm³/mol. The molecule has 1 atom stereocenters. The molecule has 0 aliphatic carbocycles. The smallest absolute Gasteiger partial charge is 0.228 e. The van der Waals surface area contributed by atoms with Crippen LogP contribution in [0.25, 0.3) is 0 Å². The summed E-state index contributed by atoms with van der Waals surface area (Å²) in [4.78, 5) is 16.1. The van der Waals surface area contributed by atoms with Crippen molar-refractivity contribution in [2.24, 2.45) is 5.73 Å². The van der Waals surface area contributed by atoms with Crippen molar-refractivity contribution in [2.75, 3.05) is 24.5 Å². The lowest BCUT2D eigenvalue weighted by molar-refractivity contribution is -0.117. The van der Waals surface area contributed by atoms with Crippen molar-refractivity contribution in [3.63, 3.8) is 0 Å². The first kappa shape index (κ1) is 12.6. The van der Waals surface area contributed by atoms with Gasteiger partial charge in [0.15, 0.2) is 0 Å². The Balaban J connectivity index is 1.66. The molecular weight excluding hydrogens is 238 g/mol. The van der Waals surface area contributed by atoms with Gasteiger partial charge in [0.2, 0.25) is 5.91 Å². The van der Waals surface area contributed by atoms with Crippen LogP contribution >= 0.6 is 0 Å². The molecule has 19 heavy (non-hydrogen) atoms. The molecule has 2 saturated heterocycles. The molecule has 1 aromatic rings. The highest BCUT2D eigenvalue weighted by molar-refractivity contribution is 5.96. The highest BCUT2D eigenvalue weighted by Gasteiger charge is 2.27. The molecule has 0 saturated carbocycles. The molecule has 102 valence electrons.